The summed E-state index contributed by atoms with van der Waals surface area (Å²) in [5.74, 6) is -0.133. The fourth-order valence-electron chi connectivity index (χ4n) is 2.29. The summed E-state index contributed by atoms with van der Waals surface area (Å²) in [5, 5.41) is 12.2. The van der Waals surface area contributed by atoms with E-state index in [1.807, 2.05) is 34.6 Å². The lowest BCUT2D eigenvalue weighted by Gasteiger charge is -2.28. The average molecular weight is 398 g/mol. The van der Waals surface area contributed by atoms with Crippen LogP contribution in [0.15, 0.2) is 12.1 Å². The van der Waals surface area contributed by atoms with Crippen molar-refractivity contribution in [2.24, 2.45) is 0 Å². The monoisotopic (exact) mass is 397 g/mol. The molecule has 0 atom stereocenters. The number of alkyl carbamates (subject to hydrolysis) is 1. The van der Waals surface area contributed by atoms with Crippen LogP contribution in [0.5, 0.6) is 11.5 Å². The molecule has 28 heavy (non-hydrogen) atoms. The molecule has 0 radical (unpaired) electrons. The number of nitrogens with one attached hydrogen (secondary N) is 1. The van der Waals surface area contributed by atoms with Crippen molar-refractivity contribution in [3.05, 3.63) is 23.3 Å². The summed E-state index contributed by atoms with van der Waals surface area (Å²) in [4.78, 5) is 22.4. The molecule has 0 aromatic heterocycles. The topological polar surface area (TPSA) is 94.1 Å². The summed E-state index contributed by atoms with van der Waals surface area (Å²) in [6, 6.07) is 3.26. The zero-order chi connectivity index (χ0) is 21.9. The number of methoxy groups -OCH3 is 2. The zero-order valence-electron chi connectivity index (χ0n) is 18.3. The highest BCUT2D eigenvalue weighted by molar-refractivity contribution is 5.92. The Morgan fingerprint density at radius 1 is 1.14 bits per heavy atom. The van der Waals surface area contributed by atoms with Gasteiger partial charge in [-0.15, -0.1) is 0 Å². The Hall–Kier alpha value is -2.44. The zero-order valence-corrected chi connectivity index (χ0v) is 18.3. The molecule has 1 saturated carbocycles. The van der Waals surface area contributed by atoms with Gasteiger partial charge in [-0.1, -0.05) is 13.8 Å². The van der Waals surface area contributed by atoms with E-state index in [1.54, 1.807) is 6.92 Å². The third-order valence-corrected chi connectivity index (χ3v) is 3.82. The second-order valence-electron chi connectivity index (χ2n) is 7.06. The standard InChI is InChI=1S/C10H12O4.C9H17NO2.C2H6/c1-6-7(10(12)14-3)4-5-8(11)9(6)13-2;1-9(2,3)12-8(11)10-7-5-4-6-7;1-2/h4-5,11H,1-3H3;7H,4-6H2,1-3H3,(H,10,11);1-2H3. The molecule has 0 heterocycles. The molecule has 1 aliphatic carbocycles. The van der Waals surface area contributed by atoms with Crippen molar-refractivity contribution in [1.29, 1.82) is 0 Å². The van der Waals surface area contributed by atoms with E-state index < -0.39 is 5.97 Å². The summed E-state index contributed by atoms with van der Waals surface area (Å²) in [7, 11) is 2.74. The largest absolute Gasteiger partial charge is 0.504 e. The minimum atomic E-state index is -0.444. The number of aromatic hydroxyl groups is 1. The van der Waals surface area contributed by atoms with Gasteiger partial charge in [0.15, 0.2) is 11.5 Å². The van der Waals surface area contributed by atoms with Gasteiger partial charge in [-0.05, 0) is 59.1 Å². The molecule has 0 bridgehead atoms. The molecular formula is C21H35NO6. The first-order valence-electron chi connectivity index (χ1n) is 9.53. The number of carbonyl (C=O) groups excluding carboxylic acids is 2. The number of hydrogen-bond donors (Lipinski definition) is 2. The molecule has 160 valence electrons. The maximum Gasteiger partial charge on any atom is 0.407 e. The average Bonchev–Trinajstić information content (AvgIpc) is 2.59. The van der Waals surface area contributed by atoms with Crippen molar-refractivity contribution in [3.8, 4) is 11.5 Å². The number of amides is 1. The van der Waals surface area contributed by atoms with Crippen LogP contribution >= 0.6 is 0 Å². The molecule has 0 spiro atoms. The van der Waals surface area contributed by atoms with E-state index in [1.165, 1.54) is 32.8 Å². The number of esters is 1. The summed E-state index contributed by atoms with van der Waals surface area (Å²) in [6.07, 6.45) is 3.13. The summed E-state index contributed by atoms with van der Waals surface area (Å²) >= 11 is 0. The first kappa shape index (κ1) is 25.6. The highest BCUT2D eigenvalue weighted by Gasteiger charge is 2.23. The molecule has 1 fully saturated rings. The van der Waals surface area contributed by atoms with Crippen LogP contribution in [-0.4, -0.2) is 43.0 Å². The fraction of sp³-hybridized carbons (Fsp3) is 0.619. The van der Waals surface area contributed by atoms with Crippen LogP contribution in [-0.2, 0) is 9.47 Å². The molecule has 1 aliphatic rings. The van der Waals surface area contributed by atoms with Crippen LogP contribution in [0.1, 0.15) is 69.8 Å². The van der Waals surface area contributed by atoms with Crippen molar-refractivity contribution in [1.82, 2.24) is 5.32 Å². The summed E-state index contributed by atoms with van der Waals surface area (Å²) < 4.78 is 14.6. The summed E-state index contributed by atoms with van der Waals surface area (Å²) in [5.41, 5.74) is 0.579. The Morgan fingerprint density at radius 3 is 2.11 bits per heavy atom. The fourth-order valence-corrected chi connectivity index (χ4v) is 2.29. The number of rotatable bonds is 3. The third-order valence-electron chi connectivity index (χ3n) is 3.82. The van der Waals surface area contributed by atoms with E-state index in [-0.39, 0.29) is 17.4 Å². The maximum atomic E-state index is 11.3. The minimum Gasteiger partial charge on any atom is -0.504 e. The van der Waals surface area contributed by atoms with Gasteiger partial charge < -0.3 is 24.6 Å². The molecule has 1 aromatic rings. The van der Waals surface area contributed by atoms with Crippen LogP contribution in [0, 0.1) is 6.92 Å². The third kappa shape index (κ3) is 8.50. The van der Waals surface area contributed by atoms with Crippen molar-refractivity contribution >= 4 is 12.1 Å². The molecular weight excluding hydrogens is 362 g/mol. The summed E-state index contributed by atoms with van der Waals surface area (Å²) in [6.45, 7) is 11.3. The molecule has 1 aromatic carbocycles. The Bertz CT molecular complexity index is 633. The highest BCUT2D eigenvalue weighted by atomic mass is 16.6. The first-order valence-corrected chi connectivity index (χ1v) is 9.53. The van der Waals surface area contributed by atoms with E-state index in [2.05, 4.69) is 10.1 Å². The van der Waals surface area contributed by atoms with E-state index in [0.29, 0.717) is 22.9 Å². The second kappa shape index (κ2) is 12.1. The van der Waals surface area contributed by atoms with Gasteiger partial charge in [-0.2, -0.15) is 0 Å². The molecule has 0 saturated heterocycles. The van der Waals surface area contributed by atoms with Gasteiger partial charge >= 0.3 is 12.1 Å². The van der Waals surface area contributed by atoms with Crippen molar-refractivity contribution in [3.63, 3.8) is 0 Å². The first-order chi connectivity index (χ1) is 13.1. The van der Waals surface area contributed by atoms with E-state index in [9.17, 15) is 14.7 Å². The normalized spacial score (nSPS) is 12.9. The molecule has 0 aliphatic heterocycles. The van der Waals surface area contributed by atoms with Crippen LogP contribution < -0.4 is 10.1 Å². The molecule has 7 nitrogen and oxygen atoms in total. The smallest absolute Gasteiger partial charge is 0.407 e. The lowest BCUT2D eigenvalue weighted by Crippen LogP contribution is -2.42. The van der Waals surface area contributed by atoms with Crippen LogP contribution in [0.2, 0.25) is 0 Å². The minimum absolute atomic E-state index is 0.0117. The van der Waals surface area contributed by atoms with Gasteiger partial charge in [0.25, 0.3) is 0 Å². The quantitative estimate of drug-likeness (QED) is 0.725. The number of phenolic OH excluding ortho intramolecular Hbond substituents is 1. The molecule has 1 amide bonds. The van der Waals surface area contributed by atoms with Crippen molar-refractivity contribution in [2.45, 2.75) is 72.4 Å². The van der Waals surface area contributed by atoms with E-state index in [4.69, 9.17) is 9.47 Å². The number of carbonyl (C=O) groups is 2. The van der Waals surface area contributed by atoms with Gasteiger partial charge in [0.2, 0.25) is 0 Å². The number of benzene rings is 1. The lowest BCUT2D eigenvalue weighted by atomic mass is 9.93. The lowest BCUT2D eigenvalue weighted by molar-refractivity contribution is 0.0479. The Labute approximate surface area is 168 Å². The number of hydrogen-bond acceptors (Lipinski definition) is 6. The molecule has 7 heteroatoms. The Kier molecular flexibility index (Phi) is 11.0. The Balaban J connectivity index is 0.000000483. The predicted octanol–water partition coefficient (Wildman–Crippen LogP) is 4.59. The van der Waals surface area contributed by atoms with Gasteiger partial charge in [-0.25, -0.2) is 9.59 Å². The van der Waals surface area contributed by atoms with Gasteiger partial charge in [0.1, 0.15) is 5.60 Å². The second-order valence-corrected chi connectivity index (χ2v) is 7.06. The van der Waals surface area contributed by atoms with Crippen LogP contribution in [0.3, 0.4) is 0 Å². The molecule has 2 N–H and O–H groups in total. The molecule has 2 rings (SSSR count). The van der Waals surface area contributed by atoms with Crippen LogP contribution in [0.4, 0.5) is 4.79 Å². The van der Waals surface area contributed by atoms with Crippen molar-refractivity contribution in [2.75, 3.05) is 14.2 Å². The Morgan fingerprint density at radius 2 is 1.71 bits per heavy atom. The molecule has 0 unspecified atom stereocenters. The van der Waals surface area contributed by atoms with E-state index in [0.717, 1.165) is 12.8 Å². The SMILES string of the molecule is CC.CC(C)(C)OC(=O)NC1CCC1.COC(=O)c1ccc(O)c(OC)c1C. The van der Waals surface area contributed by atoms with Gasteiger partial charge in [0.05, 0.1) is 19.8 Å². The van der Waals surface area contributed by atoms with Crippen LogP contribution in [0.25, 0.3) is 0 Å². The van der Waals surface area contributed by atoms with Gasteiger partial charge in [0, 0.05) is 11.6 Å². The van der Waals surface area contributed by atoms with E-state index >= 15 is 0 Å². The van der Waals surface area contributed by atoms with Crippen molar-refractivity contribution < 1.29 is 28.9 Å². The number of ether oxygens (including phenoxy) is 3. The number of phenols is 1. The van der Waals surface area contributed by atoms with Gasteiger partial charge in [-0.3, -0.25) is 0 Å². The highest BCUT2D eigenvalue weighted by Crippen LogP contribution is 2.31. The predicted molar refractivity (Wildman–Crippen MR) is 109 cm³/mol. The maximum absolute atomic E-state index is 11.3.